The fourth-order valence-corrected chi connectivity index (χ4v) is 3.61. The lowest BCUT2D eigenvalue weighted by molar-refractivity contribution is 0.261. The summed E-state index contributed by atoms with van der Waals surface area (Å²) in [7, 11) is 4.10. The van der Waals surface area contributed by atoms with Crippen LogP contribution < -0.4 is 15.4 Å². The predicted octanol–water partition coefficient (Wildman–Crippen LogP) is 3.33. The molecule has 0 saturated carbocycles. The number of aromatic nitrogens is 2. The number of likely N-dealkylation sites (N-methyl/N-ethyl adjacent to an activating group) is 1. The van der Waals surface area contributed by atoms with Crippen molar-refractivity contribution in [2.24, 2.45) is 0 Å². The van der Waals surface area contributed by atoms with Crippen LogP contribution in [-0.4, -0.2) is 61.5 Å². The first-order chi connectivity index (χ1) is 13.7. The fraction of sp³-hybridized carbons (Fsp3) is 0.409. The number of nitrogens with zero attached hydrogens (tertiary/aromatic N) is 2. The van der Waals surface area contributed by atoms with Crippen LogP contribution in [0.1, 0.15) is 12.8 Å². The Labute approximate surface area is 166 Å². The summed E-state index contributed by atoms with van der Waals surface area (Å²) in [5.74, 6) is 0.904. The Balaban J connectivity index is 1.54. The van der Waals surface area contributed by atoms with E-state index in [1.807, 2.05) is 32.4 Å². The maximum absolute atomic E-state index is 5.81. The van der Waals surface area contributed by atoms with Crippen molar-refractivity contribution in [3.05, 3.63) is 42.6 Å². The molecule has 1 aromatic heterocycles. The van der Waals surface area contributed by atoms with Crippen molar-refractivity contribution in [3.8, 4) is 16.9 Å². The molecule has 2 heterocycles. The molecule has 0 atom stereocenters. The first-order valence-electron chi connectivity index (χ1n) is 10.0. The number of piperidine rings is 1. The zero-order valence-corrected chi connectivity index (χ0v) is 16.7. The highest BCUT2D eigenvalue weighted by Gasteiger charge is 2.15. The topological polar surface area (TPSA) is 65.2 Å². The Morgan fingerprint density at radius 3 is 2.64 bits per heavy atom. The Morgan fingerprint density at radius 1 is 1.11 bits per heavy atom. The van der Waals surface area contributed by atoms with E-state index < -0.39 is 0 Å². The molecule has 2 aromatic carbocycles. The monoisotopic (exact) mass is 379 g/mol. The first-order valence-corrected chi connectivity index (χ1v) is 10.0. The minimum atomic E-state index is 0.502. The molecule has 0 amide bonds. The van der Waals surface area contributed by atoms with Crippen LogP contribution >= 0.6 is 0 Å². The first kappa shape index (κ1) is 18.8. The fourth-order valence-electron chi connectivity index (χ4n) is 3.61. The van der Waals surface area contributed by atoms with Crippen LogP contribution in [0.25, 0.3) is 22.0 Å². The van der Waals surface area contributed by atoms with Crippen LogP contribution in [0.2, 0.25) is 0 Å². The standard InChI is InChI=1S/C22H29N5O/c1-27(2)11-12-28-19-5-3-16(4-6-19)17-13-21(20-15-24-26-22(20)14-17)25-18-7-9-23-10-8-18/h3-6,13-15,18,23,25H,7-12H2,1-2H3,(H,24,26). The number of H-pyrrole nitrogens is 1. The van der Waals surface area contributed by atoms with E-state index in [1.165, 1.54) is 11.1 Å². The van der Waals surface area contributed by atoms with Gasteiger partial charge in [0.2, 0.25) is 0 Å². The molecular weight excluding hydrogens is 350 g/mol. The van der Waals surface area contributed by atoms with Gasteiger partial charge in [-0.15, -0.1) is 0 Å². The lowest BCUT2D eigenvalue weighted by atomic mass is 10.0. The second kappa shape index (κ2) is 8.63. The van der Waals surface area contributed by atoms with E-state index in [9.17, 15) is 0 Å². The average molecular weight is 380 g/mol. The van der Waals surface area contributed by atoms with E-state index in [-0.39, 0.29) is 0 Å². The van der Waals surface area contributed by atoms with Crippen LogP contribution in [0.5, 0.6) is 5.75 Å². The summed E-state index contributed by atoms with van der Waals surface area (Å²) in [5, 5.41) is 15.7. The summed E-state index contributed by atoms with van der Waals surface area (Å²) in [6.07, 6.45) is 4.19. The van der Waals surface area contributed by atoms with Gasteiger partial charge in [-0.2, -0.15) is 5.10 Å². The Hall–Kier alpha value is -2.57. The van der Waals surface area contributed by atoms with Gasteiger partial charge in [0.05, 0.1) is 11.7 Å². The quantitative estimate of drug-likeness (QED) is 0.588. The molecule has 3 aromatic rings. The van der Waals surface area contributed by atoms with Crippen molar-refractivity contribution >= 4 is 16.6 Å². The summed E-state index contributed by atoms with van der Waals surface area (Å²) < 4.78 is 5.81. The minimum absolute atomic E-state index is 0.502. The molecule has 0 spiro atoms. The molecule has 4 rings (SSSR count). The largest absolute Gasteiger partial charge is 0.492 e. The molecule has 1 aliphatic rings. The van der Waals surface area contributed by atoms with Gasteiger partial charge in [-0.25, -0.2) is 0 Å². The number of hydrogen-bond acceptors (Lipinski definition) is 5. The lowest BCUT2D eigenvalue weighted by Gasteiger charge is -2.25. The highest BCUT2D eigenvalue weighted by molar-refractivity contribution is 5.95. The Bertz CT molecular complexity index is 897. The highest BCUT2D eigenvalue weighted by Crippen LogP contribution is 2.32. The minimum Gasteiger partial charge on any atom is -0.492 e. The van der Waals surface area contributed by atoms with E-state index in [0.29, 0.717) is 12.6 Å². The summed E-state index contributed by atoms with van der Waals surface area (Å²) >= 11 is 0. The summed E-state index contributed by atoms with van der Waals surface area (Å²) in [6.45, 7) is 3.74. The van der Waals surface area contributed by atoms with E-state index >= 15 is 0 Å². The molecule has 6 nitrogen and oxygen atoms in total. The van der Waals surface area contributed by atoms with Gasteiger partial charge in [0.1, 0.15) is 12.4 Å². The van der Waals surface area contributed by atoms with Crippen LogP contribution in [0.4, 0.5) is 5.69 Å². The number of aromatic amines is 1. The van der Waals surface area contributed by atoms with Crippen LogP contribution in [-0.2, 0) is 0 Å². The Morgan fingerprint density at radius 2 is 1.89 bits per heavy atom. The van der Waals surface area contributed by atoms with Crippen molar-refractivity contribution in [2.45, 2.75) is 18.9 Å². The maximum Gasteiger partial charge on any atom is 0.119 e. The van der Waals surface area contributed by atoms with E-state index in [0.717, 1.165) is 54.8 Å². The third-order valence-electron chi connectivity index (χ3n) is 5.25. The third kappa shape index (κ3) is 4.46. The molecule has 0 radical (unpaired) electrons. The van der Waals surface area contributed by atoms with E-state index in [1.54, 1.807) is 0 Å². The van der Waals surface area contributed by atoms with Crippen molar-refractivity contribution in [3.63, 3.8) is 0 Å². The van der Waals surface area contributed by atoms with Crippen molar-refractivity contribution in [2.75, 3.05) is 45.7 Å². The number of anilines is 1. The molecule has 0 unspecified atom stereocenters. The summed E-state index contributed by atoms with van der Waals surface area (Å²) in [6, 6.07) is 13.2. The van der Waals surface area contributed by atoms with Gasteiger partial charge in [-0.3, -0.25) is 5.10 Å². The number of fused-ring (bicyclic) bond motifs is 1. The van der Waals surface area contributed by atoms with E-state index in [2.05, 4.69) is 50.0 Å². The zero-order chi connectivity index (χ0) is 19.3. The van der Waals surface area contributed by atoms with Gasteiger partial charge < -0.3 is 20.3 Å². The number of nitrogens with one attached hydrogen (secondary N) is 3. The Kier molecular flexibility index (Phi) is 5.78. The molecule has 1 aliphatic heterocycles. The van der Waals surface area contributed by atoms with Gasteiger partial charge in [-0.1, -0.05) is 12.1 Å². The molecule has 148 valence electrons. The van der Waals surface area contributed by atoms with Crippen LogP contribution in [0.15, 0.2) is 42.6 Å². The van der Waals surface area contributed by atoms with Gasteiger partial charge in [0, 0.05) is 23.7 Å². The third-order valence-corrected chi connectivity index (χ3v) is 5.25. The number of hydrogen-bond donors (Lipinski definition) is 3. The van der Waals surface area contributed by atoms with E-state index in [4.69, 9.17) is 4.74 Å². The normalized spacial score (nSPS) is 15.2. The molecule has 6 heteroatoms. The second-order valence-electron chi connectivity index (χ2n) is 7.70. The molecule has 0 bridgehead atoms. The SMILES string of the molecule is CN(C)CCOc1ccc(-c2cc(NC3CCNCC3)c3cn[nH]c3c2)cc1. The average Bonchev–Trinajstić information content (AvgIpc) is 3.18. The zero-order valence-electron chi connectivity index (χ0n) is 16.7. The molecule has 0 aliphatic carbocycles. The summed E-state index contributed by atoms with van der Waals surface area (Å²) in [4.78, 5) is 2.12. The number of rotatable bonds is 7. The molecule has 1 saturated heterocycles. The van der Waals surface area contributed by atoms with Crippen molar-refractivity contribution in [1.29, 1.82) is 0 Å². The number of ether oxygens (including phenoxy) is 1. The summed E-state index contributed by atoms with van der Waals surface area (Å²) in [5.41, 5.74) is 4.55. The predicted molar refractivity (Wildman–Crippen MR) is 115 cm³/mol. The number of benzene rings is 2. The van der Waals surface area contributed by atoms with Crippen LogP contribution in [0, 0.1) is 0 Å². The smallest absolute Gasteiger partial charge is 0.119 e. The maximum atomic E-state index is 5.81. The molecular formula is C22H29N5O. The van der Waals surface area contributed by atoms with Gasteiger partial charge in [0.25, 0.3) is 0 Å². The highest BCUT2D eigenvalue weighted by atomic mass is 16.5. The molecule has 28 heavy (non-hydrogen) atoms. The van der Waals surface area contributed by atoms with Gasteiger partial charge >= 0.3 is 0 Å². The molecule has 1 fully saturated rings. The van der Waals surface area contributed by atoms with Gasteiger partial charge in [0.15, 0.2) is 0 Å². The van der Waals surface area contributed by atoms with Crippen molar-refractivity contribution < 1.29 is 4.74 Å². The van der Waals surface area contributed by atoms with Crippen molar-refractivity contribution in [1.82, 2.24) is 20.4 Å². The van der Waals surface area contributed by atoms with Crippen LogP contribution in [0.3, 0.4) is 0 Å². The molecule has 3 N–H and O–H groups in total. The lowest BCUT2D eigenvalue weighted by Crippen LogP contribution is -2.35. The van der Waals surface area contributed by atoms with Gasteiger partial charge in [-0.05, 0) is 75.4 Å². The second-order valence-corrected chi connectivity index (χ2v) is 7.70.